The molecule has 1 atom stereocenters. The maximum Gasteiger partial charge on any atom is 0.269 e. The lowest BCUT2D eigenvalue weighted by Gasteiger charge is -2.15. The lowest BCUT2D eigenvalue weighted by atomic mass is 10.2. The first kappa shape index (κ1) is 14.5. The summed E-state index contributed by atoms with van der Waals surface area (Å²) in [6.07, 6.45) is 0. The molecule has 6 heteroatoms. The van der Waals surface area contributed by atoms with Gasteiger partial charge in [-0.15, -0.1) is 0 Å². The zero-order valence-electron chi connectivity index (χ0n) is 11.4. The van der Waals surface area contributed by atoms with Crippen LogP contribution in [0.15, 0.2) is 54.6 Å². The number of rotatable bonds is 5. The summed E-state index contributed by atoms with van der Waals surface area (Å²) in [6.45, 7) is 1.74. The van der Waals surface area contributed by atoms with Crippen LogP contribution < -0.4 is 10.6 Å². The Balaban J connectivity index is 1.95. The van der Waals surface area contributed by atoms with Crippen molar-refractivity contribution in [1.82, 2.24) is 0 Å². The van der Waals surface area contributed by atoms with Crippen LogP contribution in [-0.4, -0.2) is 16.9 Å². The van der Waals surface area contributed by atoms with E-state index in [4.69, 9.17) is 0 Å². The van der Waals surface area contributed by atoms with Crippen LogP contribution in [0.25, 0.3) is 0 Å². The highest BCUT2D eigenvalue weighted by atomic mass is 16.6. The molecule has 108 valence electrons. The first-order chi connectivity index (χ1) is 10.1. The van der Waals surface area contributed by atoms with Crippen LogP contribution in [0.5, 0.6) is 0 Å². The number of anilines is 2. The van der Waals surface area contributed by atoms with Gasteiger partial charge >= 0.3 is 0 Å². The number of nitrogens with one attached hydrogen (secondary N) is 2. The monoisotopic (exact) mass is 285 g/mol. The Labute approximate surface area is 121 Å². The first-order valence-electron chi connectivity index (χ1n) is 6.43. The summed E-state index contributed by atoms with van der Waals surface area (Å²) in [5.41, 5.74) is 1.36. The van der Waals surface area contributed by atoms with Gasteiger partial charge < -0.3 is 10.6 Å². The molecule has 2 aromatic rings. The van der Waals surface area contributed by atoms with Crippen molar-refractivity contribution in [3.63, 3.8) is 0 Å². The molecule has 0 saturated heterocycles. The number of carbonyl (C=O) groups is 1. The molecule has 0 unspecified atom stereocenters. The van der Waals surface area contributed by atoms with Crippen LogP contribution in [0.2, 0.25) is 0 Å². The highest BCUT2D eigenvalue weighted by Crippen LogP contribution is 2.16. The molecule has 0 aliphatic rings. The molecule has 2 N–H and O–H groups in total. The minimum absolute atomic E-state index is 0.0107. The fourth-order valence-electron chi connectivity index (χ4n) is 1.77. The van der Waals surface area contributed by atoms with E-state index in [0.29, 0.717) is 5.69 Å². The van der Waals surface area contributed by atoms with Gasteiger partial charge in [0.05, 0.1) is 4.92 Å². The quantitative estimate of drug-likeness (QED) is 0.653. The largest absolute Gasteiger partial charge is 0.374 e. The number of para-hydroxylation sites is 1. The van der Waals surface area contributed by atoms with Gasteiger partial charge in [-0.05, 0) is 31.2 Å². The Morgan fingerprint density at radius 2 is 1.67 bits per heavy atom. The predicted octanol–water partition coefficient (Wildman–Crippen LogP) is 3.03. The van der Waals surface area contributed by atoms with E-state index in [0.717, 1.165) is 5.69 Å². The summed E-state index contributed by atoms with van der Waals surface area (Å²) in [5.74, 6) is -0.215. The molecular formula is C15H15N3O3. The van der Waals surface area contributed by atoms with Gasteiger partial charge in [-0.25, -0.2) is 0 Å². The summed E-state index contributed by atoms with van der Waals surface area (Å²) in [6, 6.07) is 14.7. The molecule has 0 saturated carbocycles. The normalized spacial score (nSPS) is 11.5. The van der Waals surface area contributed by atoms with E-state index in [1.54, 1.807) is 6.92 Å². The number of nitro groups is 1. The summed E-state index contributed by atoms with van der Waals surface area (Å²) in [4.78, 5) is 22.1. The van der Waals surface area contributed by atoms with E-state index in [-0.39, 0.29) is 11.6 Å². The molecule has 0 aliphatic carbocycles. The maximum absolute atomic E-state index is 12.0. The Morgan fingerprint density at radius 3 is 2.24 bits per heavy atom. The van der Waals surface area contributed by atoms with Crippen molar-refractivity contribution in [2.45, 2.75) is 13.0 Å². The number of benzene rings is 2. The molecule has 2 aromatic carbocycles. The van der Waals surface area contributed by atoms with Gasteiger partial charge in [-0.3, -0.25) is 14.9 Å². The molecule has 0 aromatic heterocycles. The Morgan fingerprint density at radius 1 is 1.05 bits per heavy atom. The van der Waals surface area contributed by atoms with Crippen molar-refractivity contribution in [2.75, 3.05) is 10.6 Å². The van der Waals surface area contributed by atoms with Crippen molar-refractivity contribution >= 4 is 23.0 Å². The van der Waals surface area contributed by atoms with Gasteiger partial charge in [-0.1, -0.05) is 18.2 Å². The molecule has 6 nitrogen and oxygen atoms in total. The van der Waals surface area contributed by atoms with Crippen molar-refractivity contribution < 1.29 is 9.72 Å². The van der Waals surface area contributed by atoms with Crippen molar-refractivity contribution in [2.24, 2.45) is 0 Å². The second-order valence-corrected chi connectivity index (χ2v) is 4.53. The third-order valence-corrected chi connectivity index (χ3v) is 2.90. The van der Waals surface area contributed by atoms with Crippen molar-refractivity contribution in [3.8, 4) is 0 Å². The second kappa shape index (κ2) is 6.51. The topological polar surface area (TPSA) is 84.3 Å². The SMILES string of the molecule is C[C@H](Nc1ccccc1)C(=O)Nc1ccc([N+](=O)[O-])cc1. The molecule has 0 radical (unpaired) electrons. The van der Waals surface area contributed by atoms with Crippen LogP contribution in [0.1, 0.15) is 6.92 Å². The molecule has 21 heavy (non-hydrogen) atoms. The van der Waals surface area contributed by atoms with E-state index in [9.17, 15) is 14.9 Å². The fourth-order valence-corrected chi connectivity index (χ4v) is 1.77. The zero-order chi connectivity index (χ0) is 15.2. The van der Waals surface area contributed by atoms with E-state index in [2.05, 4.69) is 10.6 Å². The summed E-state index contributed by atoms with van der Waals surface area (Å²) in [7, 11) is 0. The third-order valence-electron chi connectivity index (χ3n) is 2.90. The van der Waals surface area contributed by atoms with Gasteiger partial charge in [0.1, 0.15) is 6.04 Å². The second-order valence-electron chi connectivity index (χ2n) is 4.53. The van der Waals surface area contributed by atoms with Crippen molar-refractivity contribution in [3.05, 3.63) is 64.7 Å². The lowest BCUT2D eigenvalue weighted by molar-refractivity contribution is -0.384. The number of nitrogens with zero attached hydrogens (tertiary/aromatic N) is 1. The highest BCUT2D eigenvalue weighted by Gasteiger charge is 2.13. The average Bonchev–Trinajstić information content (AvgIpc) is 2.48. The molecule has 1 amide bonds. The smallest absolute Gasteiger partial charge is 0.269 e. The Bertz CT molecular complexity index is 626. The average molecular weight is 285 g/mol. The van der Waals surface area contributed by atoms with Gasteiger partial charge in [0.2, 0.25) is 5.91 Å². The molecule has 0 heterocycles. The molecule has 0 bridgehead atoms. The molecular weight excluding hydrogens is 270 g/mol. The number of hydrogen-bond donors (Lipinski definition) is 2. The van der Waals surface area contributed by atoms with Crippen LogP contribution in [-0.2, 0) is 4.79 Å². The number of amides is 1. The van der Waals surface area contributed by atoms with E-state index in [1.807, 2.05) is 30.3 Å². The van der Waals surface area contributed by atoms with Gasteiger partial charge in [0, 0.05) is 23.5 Å². The summed E-state index contributed by atoms with van der Waals surface area (Å²) < 4.78 is 0. The Kier molecular flexibility index (Phi) is 4.50. The van der Waals surface area contributed by atoms with Crippen LogP contribution in [0, 0.1) is 10.1 Å². The number of carbonyl (C=O) groups excluding carboxylic acids is 1. The van der Waals surface area contributed by atoms with Gasteiger partial charge in [-0.2, -0.15) is 0 Å². The molecule has 0 fully saturated rings. The number of nitro benzene ring substituents is 1. The van der Waals surface area contributed by atoms with E-state index in [1.165, 1.54) is 24.3 Å². The fraction of sp³-hybridized carbons (Fsp3) is 0.133. The first-order valence-corrected chi connectivity index (χ1v) is 6.43. The van der Waals surface area contributed by atoms with E-state index < -0.39 is 11.0 Å². The van der Waals surface area contributed by atoms with E-state index >= 15 is 0 Å². The predicted molar refractivity (Wildman–Crippen MR) is 81.3 cm³/mol. The van der Waals surface area contributed by atoms with Crippen molar-refractivity contribution in [1.29, 1.82) is 0 Å². The minimum Gasteiger partial charge on any atom is -0.374 e. The van der Waals surface area contributed by atoms with Gasteiger partial charge in [0.25, 0.3) is 5.69 Å². The van der Waals surface area contributed by atoms with Crippen LogP contribution >= 0.6 is 0 Å². The third kappa shape index (κ3) is 4.04. The highest BCUT2D eigenvalue weighted by molar-refractivity contribution is 5.96. The number of hydrogen-bond acceptors (Lipinski definition) is 4. The zero-order valence-corrected chi connectivity index (χ0v) is 11.4. The molecule has 0 aliphatic heterocycles. The standard InChI is InChI=1S/C15H15N3O3/c1-11(16-12-5-3-2-4-6-12)15(19)17-13-7-9-14(10-8-13)18(20)21/h2-11,16H,1H3,(H,17,19)/t11-/m0/s1. The number of non-ortho nitro benzene ring substituents is 1. The summed E-state index contributed by atoms with van der Waals surface area (Å²) in [5, 5.41) is 16.3. The maximum atomic E-state index is 12.0. The molecule has 0 spiro atoms. The summed E-state index contributed by atoms with van der Waals surface area (Å²) >= 11 is 0. The Hall–Kier alpha value is -2.89. The van der Waals surface area contributed by atoms with Crippen LogP contribution in [0.4, 0.5) is 17.1 Å². The van der Waals surface area contributed by atoms with Gasteiger partial charge in [0.15, 0.2) is 0 Å². The lowest BCUT2D eigenvalue weighted by Crippen LogP contribution is -2.31. The van der Waals surface area contributed by atoms with Crippen LogP contribution in [0.3, 0.4) is 0 Å². The molecule has 2 rings (SSSR count). The minimum atomic E-state index is -0.481.